The molecule has 0 fully saturated rings. The zero-order valence-corrected chi connectivity index (χ0v) is 17.8. The van der Waals surface area contributed by atoms with Crippen molar-refractivity contribution in [2.75, 3.05) is 32.1 Å². The van der Waals surface area contributed by atoms with Gasteiger partial charge in [0.05, 0.1) is 11.1 Å². The summed E-state index contributed by atoms with van der Waals surface area (Å²) in [7, 11) is 4.08. The second kappa shape index (κ2) is 10.5. The number of benzene rings is 1. The highest BCUT2D eigenvalue weighted by atomic mass is 16.1. The lowest BCUT2D eigenvalue weighted by Crippen LogP contribution is -2.20. The SMILES string of the molecule is CCCC(=O)c1cc(C(N)=NC(=O)c2ccc(CCCN(C)C)cc2)c(N)nc1N. The summed E-state index contributed by atoms with van der Waals surface area (Å²) in [5.74, 6) is -0.701. The number of pyridine rings is 1. The highest BCUT2D eigenvalue weighted by molar-refractivity contribution is 6.12. The van der Waals surface area contributed by atoms with Gasteiger partial charge in [0.2, 0.25) is 0 Å². The van der Waals surface area contributed by atoms with Gasteiger partial charge in [-0.15, -0.1) is 0 Å². The van der Waals surface area contributed by atoms with Crippen molar-refractivity contribution in [3.63, 3.8) is 0 Å². The van der Waals surface area contributed by atoms with Crippen molar-refractivity contribution < 1.29 is 9.59 Å². The van der Waals surface area contributed by atoms with Gasteiger partial charge in [-0.2, -0.15) is 4.99 Å². The van der Waals surface area contributed by atoms with E-state index in [9.17, 15) is 9.59 Å². The quantitative estimate of drug-likeness (QED) is 0.327. The molecular formula is C22H30N6O2. The van der Waals surface area contributed by atoms with Crippen LogP contribution in [0.4, 0.5) is 11.6 Å². The Kier molecular flexibility index (Phi) is 8.06. The molecule has 6 N–H and O–H groups in total. The van der Waals surface area contributed by atoms with Crippen LogP contribution >= 0.6 is 0 Å². The first-order chi connectivity index (χ1) is 14.2. The lowest BCUT2D eigenvalue weighted by molar-refractivity contribution is 0.0979. The number of aryl methyl sites for hydroxylation is 1. The summed E-state index contributed by atoms with van der Waals surface area (Å²) in [6.07, 6.45) is 2.96. The Bertz CT molecular complexity index is 935. The lowest BCUT2D eigenvalue weighted by atomic mass is 10.0. The Labute approximate surface area is 177 Å². The smallest absolute Gasteiger partial charge is 0.278 e. The van der Waals surface area contributed by atoms with Crippen LogP contribution in [0, 0.1) is 0 Å². The molecule has 0 aliphatic carbocycles. The maximum Gasteiger partial charge on any atom is 0.278 e. The van der Waals surface area contributed by atoms with Gasteiger partial charge in [0.15, 0.2) is 5.78 Å². The summed E-state index contributed by atoms with van der Waals surface area (Å²) in [6.45, 7) is 2.89. The van der Waals surface area contributed by atoms with Crippen molar-refractivity contribution in [2.24, 2.45) is 10.7 Å². The van der Waals surface area contributed by atoms with Crippen LogP contribution in [0.2, 0.25) is 0 Å². The molecule has 160 valence electrons. The number of ketones is 1. The van der Waals surface area contributed by atoms with Gasteiger partial charge < -0.3 is 22.1 Å². The third-order valence-corrected chi connectivity index (χ3v) is 4.63. The number of rotatable bonds is 9. The number of nitrogens with two attached hydrogens (primary N) is 3. The number of nitrogen functional groups attached to an aromatic ring is 2. The monoisotopic (exact) mass is 410 g/mol. The number of anilines is 2. The highest BCUT2D eigenvalue weighted by Gasteiger charge is 2.17. The Balaban J connectivity index is 2.19. The van der Waals surface area contributed by atoms with Crippen LogP contribution < -0.4 is 17.2 Å². The van der Waals surface area contributed by atoms with Crippen molar-refractivity contribution in [3.05, 3.63) is 52.6 Å². The fourth-order valence-corrected chi connectivity index (χ4v) is 2.98. The molecule has 0 unspecified atom stereocenters. The minimum Gasteiger partial charge on any atom is -0.383 e. The first-order valence-electron chi connectivity index (χ1n) is 9.94. The molecule has 8 heteroatoms. The van der Waals surface area contributed by atoms with E-state index in [1.54, 1.807) is 12.1 Å². The standard InChI is InChI=1S/C22H30N6O2/c1-4-6-18(29)16-13-17(20(24)26-19(16)23)21(25)27-22(30)15-10-8-14(9-11-15)7-5-12-28(2)3/h8-11,13H,4-7,12H2,1-3H3,(H4,23,24,26)(H2,25,27,30). The van der Waals surface area contributed by atoms with E-state index in [4.69, 9.17) is 17.2 Å². The topological polar surface area (TPSA) is 141 Å². The van der Waals surface area contributed by atoms with Gasteiger partial charge in [0.1, 0.15) is 17.5 Å². The van der Waals surface area contributed by atoms with E-state index in [2.05, 4.69) is 14.9 Å². The molecule has 0 aliphatic rings. The van der Waals surface area contributed by atoms with Crippen LogP contribution in [0.3, 0.4) is 0 Å². The van der Waals surface area contributed by atoms with E-state index in [1.807, 2.05) is 33.2 Å². The van der Waals surface area contributed by atoms with Crippen LogP contribution in [-0.4, -0.2) is 48.1 Å². The zero-order valence-electron chi connectivity index (χ0n) is 17.8. The van der Waals surface area contributed by atoms with Crippen molar-refractivity contribution in [2.45, 2.75) is 32.6 Å². The molecule has 1 amide bonds. The van der Waals surface area contributed by atoms with E-state index >= 15 is 0 Å². The molecule has 0 atom stereocenters. The minimum absolute atomic E-state index is 0.0193. The summed E-state index contributed by atoms with van der Waals surface area (Å²) in [4.78, 5) is 34.8. The fourth-order valence-electron chi connectivity index (χ4n) is 2.98. The molecule has 0 spiro atoms. The largest absolute Gasteiger partial charge is 0.383 e. The van der Waals surface area contributed by atoms with E-state index in [0.29, 0.717) is 18.4 Å². The van der Waals surface area contributed by atoms with Gasteiger partial charge in [-0.1, -0.05) is 19.1 Å². The van der Waals surface area contributed by atoms with Crippen molar-refractivity contribution >= 4 is 29.2 Å². The Morgan fingerprint density at radius 2 is 1.70 bits per heavy atom. The molecule has 1 heterocycles. The van der Waals surface area contributed by atoms with E-state index in [0.717, 1.165) is 24.9 Å². The predicted molar refractivity (Wildman–Crippen MR) is 121 cm³/mol. The molecule has 0 aliphatic heterocycles. The van der Waals surface area contributed by atoms with E-state index < -0.39 is 5.91 Å². The number of Topliss-reactive ketones (excluding diaryl/α,β-unsaturated/α-hetero) is 1. The number of amides is 1. The molecule has 2 rings (SSSR count). The molecule has 8 nitrogen and oxygen atoms in total. The van der Waals surface area contributed by atoms with Crippen LogP contribution in [0.15, 0.2) is 35.3 Å². The Hall–Kier alpha value is -3.26. The lowest BCUT2D eigenvalue weighted by Gasteiger charge is -2.10. The number of aliphatic imine (C=N–C) groups is 1. The van der Waals surface area contributed by atoms with Gasteiger partial charge in [-0.05, 0) is 63.7 Å². The number of hydrogen-bond donors (Lipinski definition) is 3. The first-order valence-corrected chi connectivity index (χ1v) is 9.94. The van der Waals surface area contributed by atoms with Crippen LogP contribution in [0.5, 0.6) is 0 Å². The Morgan fingerprint density at radius 1 is 1.07 bits per heavy atom. The third kappa shape index (κ3) is 6.12. The van der Waals surface area contributed by atoms with E-state index in [-0.39, 0.29) is 34.4 Å². The number of carbonyl (C=O) groups is 2. The van der Waals surface area contributed by atoms with Crippen molar-refractivity contribution in [1.29, 1.82) is 0 Å². The normalized spacial score (nSPS) is 11.7. The number of carbonyl (C=O) groups excluding carboxylic acids is 2. The maximum absolute atomic E-state index is 12.5. The van der Waals surface area contributed by atoms with Crippen LogP contribution in [-0.2, 0) is 6.42 Å². The number of nitrogens with zero attached hydrogens (tertiary/aromatic N) is 3. The number of aromatic nitrogens is 1. The summed E-state index contributed by atoms with van der Waals surface area (Å²) in [5, 5.41) is 0. The van der Waals surface area contributed by atoms with Gasteiger partial charge in [-0.25, -0.2) is 4.98 Å². The summed E-state index contributed by atoms with van der Waals surface area (Å²) < 4.78 is 0. The summed E-state index contributed by atoms with van der Waals surface area (Å²) in [5.41, 5.74) is 19.7. The van der Waals surface area contributed by atoms with Crippen molar-refractivity contribution in [3.8, 4) is 0 Å². The maximum atomic E-state index is 12.5. The van der Waals surface area contributed by atoms with Crippen molar-refractivity contribution in [1.82, 2.24) is 9.88 Å². The van der Waals surface area contributed by atoms with Crippen LogP contribution in [0.25, 0.3) is 0 Å². The fraction of sp³-hybridized carbons (Fsp3) is 0.364. The highest BCUT2D eigenvalue weighted by Crippen LogP contribution is 2.19. The molecule has 0 radical (unpaired) electrons. The molecule has 0 bridgehead atoms. The van der Waals surface area contributed by atoms with Gasteiger partial charge >= 0.3 is 0 Å². The van der Waals surface area contributed by atoms with Gasteiger partial charge in [0, 0.05) is 12.0 Å². The van der Waals surface area contributed by atoms with E-state index in [1.165, 1.54) is 6.07 Å². The first kappa shape index (κ1) is 23.0. The molecule has 0 saturated heterocycles. The second-order valence-corrected chi connectivity index (χ2v) is 7.43. The summed E-state index contributed by atoms with van der Waals surface area (Å²) >= 11 is 0. The minimum atomic E-state index is -0.495. The zero-order chi connectivity index (χ0) is 22.3. The Morgan fingerprint density at radius 3 is 2.30 bits per heavy atom. The van der Waals surface area contributed by atoms with Crippen LogP contribution in [0.1, 0.15) is 58.0 Å². The predicted octanol–water partition coefficient (Wildman–Crippen LogP) is 2.27. The average molecular weight is 411 g/mol. The molecule has 1 aromatic heterocycles. The number of amidine groups is 1. The van der Waals surface area contributed by atoms with Gasteiger partial charge in [0.25, 0.3) is 5.91 Å². The molecular weight excluding hydrogens is 380 g/mol. The average Bonchev–Trinajstić information content (AvgIpc) is 2.68. The molecule has 1 aromatic carbocycles. The summed E-state index contributed by atoms with van der Waals surface area (Å²) in [6, 6.07) is 8.73. The molecule has 0 saturated carbocycles. The molecule has 30 heavy (non-hydrogen) atoms. The second-order valence-electron chi connectivity index (χ2n) is 7.43. The van der Waals surface area contributed by atoms with Gasteiger partial charge in [-0.3, -0.25) is 9.59 Å². The third-order valence-electron chi connectivity index (χ3n) is 4.63. The molecule has 2 aromatic rings. The number of hydrogen-bond acceptors (Lipinski definition) is 6.